The molecule has 0 aliphatic carbocycles. The van der Waals surface area contributed by atoms with Crippen molar-refractivity contribution < 1.29 is 0 Å². The molecule has 0 N–H and O–H groups in total. The summed E-state index contributed by atoms with van der Waals surface area (Å²) >= 11 is 0. The van der Waals surface area contributed by atoms with Crippen molar-refractivity contribution in [3.8, 4) is 6.07 Å². The highest BCUT2D eigenvalue weighted by atomic mass is 14.3. The molecule has 2 aromatic rings. The maximum absolute atomic E-state index is 9.26. The molecular weight excluding hydrogens is 194 g/mol. The van der Waals surface area contributed by atoms with Gasteiger partial charge < -0.3 is 0 Å². The Morgan fingerprint density at radius 3 is 2.38 bits per heavy atom. The van der Waals surface area contributed by atoms with Gasteiger partial charge >= 0.3 is 0 Å². The summed E-state index contributed by atoms with van der Waals surface area (Å²) in [6.07, 6.45) is 0. The first-order valence-corrected chi connectivity index (χ1v) is 5.61. The zero-order valence-electron chi connectivity index (χ0n) is 9.64. The van der Waals surface area contributed by atoms with Gasteiger partial charge in [0, 0.05) is 0 Å². The largest absolute Gasteiger partial charge is 0.198 e. The molecule has 0 amide bonds. The molecule has 0 radical (unpaired) electrons. The van der Waals surface area contributed by atoms with Crippen LogP contribution in [-0.2, 0) is 0 Å². The Balaban J connectivity index is 2.65. The molecule has 0 bridgehead atoms. The minimum absolute atomic E-state index is 0.0221. The van der Waals surface area contributed by atoms with E-state index >= 15 is 0 Å². The molecule has 0 aromatic heterocycles. The van der Waals surface area contributed by atoms with Gasteiger partial charge in [-0.15, -0.1) is 0 Å². The van der Waals surface area contributed by atoms with Crippen molar-refractivity contribution in [1.29, 1.82) is 5.26 Å². The second-order valence-corrected chi connectivity index (χ2v) is 4.42. The van der Waals surface area contributed by atoms with E-state index in [2.05, 4.69) is 44.2 Å². The van der Waals surface area contributed by atoms with Crippen molar-refractivity contribution >= 4 is 10.8 Å². The first-order chi connectivity index (χ1) is 7.74. The summed E-state index contributed by atoms with van der Waals surface area (Å²) in [4.78, 5) is 0. The lowest BCUT2D eigenvalue weighted by molar-refractivity contribution is 0.590. The average molecular weight is 209 g/mol. The summed E-state index contributed by atoms with van der Waals surface area (Å²) in [5.74, 6) is 0.321. The lowest BCUT2D eigenvalue weighted by Crippen LogP contribution is -2.04. The molecule has 0 aliphatic heterocycles. The molecule has 2 rings (SSSR count). The third-order valence-corrected chi connectivity index (χ3v) is 2.96. The van der Waals surface area contributed by atoms with Crippen LogP contribution < -0.4 is 0 Å². The van der Waals surface area contributed by atoms with Crippen molar-refractivity contribution in [2.24, 2.45) is 5.92 Å². The van der Waals surface area contributed by atoms with Crippen LogP contribution in [0, 0.1) is 17.2 Å². The molecule has 0 saturated heterocycles. The molecule has 16 heavy (non-hydrogen) atoms. The Kier molecular flexibility index (Phi) is 2.92. The first-order valence-electron chi connectivity index (χ1n) is 5.61. The van der Waals surface area contributed by atoms with Crippen LogP contribution in [0.5, 0.6) is 0 Å². The van der Waals surface area contributed by atoms with E-state index in [1.54, 1.807) is 0 Å². The number of hydrogen-bond donors (Lipinski definition) is 0. The van der Waals surface area contributed by atoms with Crippen LogP contribution >= 0.6 is 0 Å². The predicted octanol–water partition coefficient (Wildman–Crippen LogP) is 4.10. The van der Waals surface area contributed by atoms with Gasteiger partial charge in [0.2, 0.25) is 0 Å². The van der Waals surface area contributed by atoms with Crippen LogP contribution in [0.3, 0.4) is 0 Å². The van der Waals surface area contributed by atoms with Crippen LogP contribution in [0.1, 0.15) is 25.3 Å². The van der Waals surface area contributed by atoms with Crippen molar-refractivity contribution in [2.75, 3.05) is 0 Å². The number of nitriles is 1. The topological polar surface area (TPSA) is 23.8 Å². The van der Waals surface area contributed by atoms with Gasteiger partial charge in [-0.25, -0.2) is 0 Å². The zero-order chi connectivity index (χ0) is 11.5. The van der Waals surface area contributed by atoms with Gasteiger partial charge in [-0.05, 0) is 22.3 Å². The summed E-state index contributed by atoms with van der Waals surface area (Å²) in [7, 11) is 0. The number of hydrogen-bond acceptors (Lipinski definition) is 1. The van der Waals surface area contributed by atoms with E-state index in [0.717, 1.165) is 5.56 Å². The molecular formula is C15H15N. The third kappa shape index (κ3) is 1.79. The highest BCUT2D eigenvalue weighted by Crippen LogP contribution is 2.29. The number of nitrogens with zero attached hydrogens (tertiary/aromatic N) is 1. The summed E-state index contributed by atoms with van der Waals surface area (Å²) in [5, 5.41) is 11.7. The minimum Gasteiger partial charge on any atom is -0.198 e. The summed E-state index contributed by atoms with van der Waals surface area (Å²) in [5.41, 5.74) is 1.15. The molecule has 0 fully saturated rings. The van der Waals surface area contributed by atoms with Crippen molar-refractivity contribution in [3.05, 3.63) is 48.0 Å². The van der Waals surface area contributed by atoms with E-state index < -0.39 is 0 Å². The molecule has 80 valence electrons. The highest BCUT2D eigenvalue weighted by molar-refractivity contribution is 5.86. The Labute approximate surface area is 96.3 Å². The second-order valence-electron chi connectivity index (χ2n) is 4.42. The Morgan fingerprint density at radius 1 is 1.00 bits per heavy atom. The van der Waals surface area contributed by atoms with E-state index in [9.17, 15) is 5.26 Å². The standard InChI is InChI=1S/C15H15N/c1-11(2)15(10-16)14-9-5-7-12-6-3-4-8-13(12)14/h3-9,11,15H,1-2H3. The van der Waals surface area contributed by atoms with Crippen molar-refractivity contribution in [2.45, 2.75) is 19.8 Å². The first kappa shape index (κ1) is 10.7. The molecule has 1 nitrogen and oxygen atoms in total. The highest BCUT2D eigenvalue weighted by Gasteiger charge is 2.16. The van der Waals surface area contributed by atoms with E-state index in [-0.39, 0.29) is 5.92 Å². The van der Waals surface area contributed by atoms with Gasteiger partial charge in [0.1, 0.15) is 0 Å². The smallest absolute Gasteiger partial charge is 0.0741 e. The van der Waals surface area contributed by atoms with Crippen LogP contribution in [0.25, 0.3) is 10.8 Å². The molecule has 0 spiro atoms. The molecule has 1 atom stereocenters. The van der Waals surface area contributed by atoms with E-state index in [1.807, 2.05) is 18.2 Å². The van der Waals surface area contributed by atoms with Crippen molar-refractivity contribution in [1.82, 2.24) is 0 Å². The fraction of sp³-hybridized carbons (Fsp3) is 0.267. The lowest BCUT2D eigenvalue weighted by atomic mass is 9.87. The van der Waals surface area contributed by atoms with Crippen LogP contribution in [-0.4, -0.2) is 0 Å². The number of benzene rings is 2. The summed E-state index contributed by atoms with van der Waals surface area (Å²) in [6.45, 7) is 4.19. The quantitative estimate of drug-likeness (QED) is 0.730. The van der Waals surface area contributed by atoms with Crippen LogP contribution in [0.4, 0.5) is 0 Å². The molecule has 1 unspecified atom stereocenters. The fourth-order valence-electron chi connectivity index (χ4n) is 2.10. The van der Waals surface area contributed by atoms with Gasteiger partial charge in [-0.2, -0.15) is 5.26 Å². The minimum atomic E-state index is -0.0221. The maximum atomic E-state index is 9.26. The molecule has 0 aliphatic rings. The van der Waals surface area contributed by atoms with Crippen molar-refractivity contribution in [3.63, 3.8) is 0 Å². The van der Waals surface area contributed by atoms with Gasteiger partial charge in [0.25, 0.3) is 0 Å². The average Bonchev–Trinajstić information content (AvgIpc) is 2.30. The predicted molar refractivity (Wildman–Crippen MR) is 67.1 cm³/mol. The van der Waals surface area contributed by atoms with Gasteiger partial charge in [0.05, 0.1) is 12.0 Å². The maximum Gasteiger partial charge on any atom is 0.0741 e. The van der Waals surface area contributed by atoms with Gasteiger partial charge in [0.15, 0.2) is 0 Å². The molecule has 2 aromatic carbocycles. The fourth-order valence-corrected chi connectivity index (χ4v) is 2.10. The zero-order valence-corrected chi connectivity index (χ0v) is 9.64. The van der Waals surface area contributed by atoms with Gasteiger partial charge in [-0.1, -0.05) is 56.3 Å². The third-order valence-electron chi connectivity index (χ3n) is 2.96. The van der Waals surface area contributed by atoms with E-state index in [4.69, 9.17) is 0 Å². The summed E-state index contributed by atoms with van der Waals surface area (Å²) < 4.78 is 0. The van der Waals surface area contributed by atoms with Crippen LogP contribution in [0.15, 0.2) is 42.5 Å². The van der Waals surface area contributed by atoms with Crippen LogP contribution in [0.2, 0.25) is 0 Å². The summed E-state index contributed by atoms with van der Waals surface area (Å²) in [6, 6.07) is 16.8. The molecule has 0 saturated carbocycles. The van der Waals surface area contributed by atoms with Gasteiger partial charge in [-0.3, -0.25) is 0 Å². The van der Waals surface area contributed by atoms with E-state index in [1.165, 1.54) is 10.8 Å². The SMILES string of the molecule is CC(C)C(C#N)c1cccc2ccccc12. The van der Waals surface area contributed by atoms with E-state index in [0.29, 0.717) is 5.92 Å². The molecule has 1 heteroatoms. The number of rotatable bonds is 2. The second kappa shape index (κ2) is 4.37. The Hall–Kier alpha value is -1.81. The Bertz CT molecular complexity index is 529. The Morgan fingerprint density at radius 2 is 1.69 bits per heavy atom. The monoisotopic (exact) mass is 209 g/mol. The normalized spacial score (nSPS) is 12.6. The molecule has 0 heterocycles. The number of fused-ring (bicyclic) bond motifs is 1. The lowest BCUT2D eigenvalue weighted by Gasteiger charge is -2.15.